The first-order chi connectivity index (χ1) is 11.3. The number of ether oxygens (including phenoxy) is 1. The smallest absolute Gasteiger partial charge is 0.187 e. The van der Waals surface area contributed by atoms with E-state index in [0.717, 1.165) is 53.1 Å². The number of anilines is 1. The lowest BCUT2D eigenvalue weighted by Crippen LogP contribution is -2.03. The van der Waals surface area contributed by atoms with E-state index in [1.54, 1.807) is 7.11 Å². The maximum Gasteiger partial charge on any atom is 0.187 e. The lowest BCUT2D eigenvalue weighted by atomic mass is 10.2. The number of methoxy groups -OCH3 is 1. The first-order valence-electron chi connectivity index (χ1n) is 7.57. The molecule has 0 amide bonds. The highest BCUT2D eigenvalue weighted by Crippen LogP contribution is 2.32. The van der Waals surface area contributed by atoms with E-state index in [-0.39, 0.29) is 0 Å². The van der Waals surface area contributed by atoms with Crippen LogP contribution in [0.15, 0.2) is 36.4 Å². The van der Waals surface area contributed by atoms with Crippen molar-refractivity contribution in [2.24, 2.45) is 0 Å². The third-order valence-corrected chi connectivity index (χ3v) is 3.96. The van der Waals surface area contributed by atoms with Crippen LogP contribution >= 0.6 is 0 Å². The van der Waals surface area contributed by atoms with Crippen LogP contribution in [0.3, 0.4) is 0 Å². The molecular weight excluding hydrogens is 290 g/mol. The summed E-state index contributed by atoms with van der Waals surface area (Å²) in [4.78, 5) is 4.59. The van der Waals surface area contributed by atoms with Gasteiger partial charge in [-0.15, -0.1) is 10.2 Å². The van der Waals surface area contributed by atoms with Gasteiger partial charge in [0.15, 0.2) is 5.82 Å². The molecule has 6 nitrogen and oxygen atoms in total. The number of benzene rings is 1. The SMILES string of the molecule is COc1ccc2c(c1)NCCc1nnc(-c3cccc(C)n3)n1-2. The van der Waals surface area contributed by atoms with Crippen LogP contribution < -0.4 is 10.1 Å². The van der Waals surface area contributed by atoms with Crippen molar-refractivity contribution in [1.29, 1.82) is 0 Å². The van der Waals surface area contributed by atoms with Gasteiger partial charge in [-0.2, -0.15) is 0 Å². The van der Waals surface area contributed by atoms with Crippen molar-refractivity contribution in [3.8, 4) is 23.0 Å². The number of nitrogens with one attached hydrogen (secondary N) is 1. The number of nitrogens with zero attached hydrogens (tertiary/aromatic N) is 4. The molecule has 0 bridgehead atoms. The summed E-state index contributed by atoms with van der Waals surface area (Å²) in [5.74, 6) is 2.52. The number of hydrogen-bond donors (Lipinski definition) is 1. The Balaban J connectivity index is 1.93. The minimum atomic E-state index is 0.763. The van der Waals surface area contributed by atoms with Gasteiger partial charge >= 0.3 is 0 Å². The minimum Gasteiger partial charge on any atom is -0.497 e. The summed E-state index contributed by atoms with van der Waals surface area (Å²) in [5.41, 5.74) is 3.81. The summed E-state index contributed by atoms with van der Waals surface area (Å²) in [6, 6.07) is 11.9. The molecule has 116 valence electrons. The fourth-order valence-corrected chi connectivity index (χ4v) is 2.85. The minimum absolute atomic E-state index is 0.763. The molecule has 6 heteroatoms. The van der Waals surface area contributed by atoms with Crippen LogP contribution in [0.4, 0.5) is 5.69 Å². The Morgan fingerprint density at radius 2 is 2.09 bits per heavy atom. The number of aryl methyl sites for hydroxylation is 1. The highest BCUT2D eigenvalue weighted by atomic mass is 16.5. The fourth-order valence-electron chi connectivity index (χ4n) is 2.85. The number of fused-ring (bicyclic) bond motifs is 3. The van der Waals surface area contributed by atoms with Gasteiger partial charge in [0.05, 0.1) is 18.5 Å². The zero-order chi connectivity index (χ0) is 15.8. The van der Waals surface area contributed by atoms with Crippen molar-refractivity contribution in [3.05, 3.63) is 47.9 Å². The molecule has 1 aliphatic heterocycles. The average Bonchev–Trinajstić information content (AvgIpc) is 2.90. The van der Waals surface area contributed by atoms with Gasteiger partial charge in [-0.1, -0.05) is 6.07 Å². The molecule has 0 fully saturated rings. The summed E-state index contributed by atoms with van der Waals surface area (Å²) in [6.45, 7) is 2.78. The van der Waals surface area contributed by atoms with Crippen LogP contribution in [0.1, 0.15) is 11.5 Å². The van der Waals surface area contributed by atoms with Gasteiger partial charge in [-0.05, 0) is 31.2 Å². The van der Waals surface area contributed by atoms with Crippen molar-refractivity contribution < 1.29 is 4.74 Å². The topological polar surface area (TPSA) is 64.9 Å². The Labute approximate surface area is 134 Å². The highest BCUT2D eigenvalue weighted by molar-refractivity contribution is 5.68. The van der Waals surface area contributed by atoms with Gasteiger partial charge in [-0.3, -0.25) is 4.57 Å². The molecule has 3 heterocycles. The molecule has 4 rings (SSSR count). The normalized spacial score (nSPS) is 12.8. The third kappa shape index (κ3) is 2.32. The Hall–Kier alpha value is -2.89. The van der Waals surface area contributed by atoms with E-state index in [4.69, 9.17) is 4.74 Å². The van der Waals surface area contributed by atoms with E-state index < -0.39 is 0 Å². The van der Waals surface area contributed by atoms with E-state index >= 15 is 0 Å². The monoisotopic (exact) mass is 307 g/mol. The summed E-state index contributed by atoms with van der Waals surface area (Å²) >= 11 is 0. The van der Waals surface area contributed by atoms with Gasteiger partial charge < -0.3 is 10.1 Å². The quantitative estimate of drug-likeness (QED) is 0.788. The van der Waals surface area contributed by atoms with Crippen molar-refractivity contribution in [2.45, 2.75) is 13.3 Å². The maximum absolute atomic E-state index is 5.33. The lowest BCUT2D eigenvalue weighted by Gasteiger charge is -2.13. The van der Waals surface area contributed by atoms with Crippen molar-refractivity contribution >= 4 is 5.69 Å². The Bertz CT molecular complexity index is 871. The van der Waals surface area contributed by atoms with Gasteiger partial charge in [0.25, 0.3) is 0 Å². The summed E-state index contributed by atoms with van der Waals surface area (Å²) in [6.07, 6.45) is 0.801. The second kappa shape index (κ2) is 5.39. The Morgan fingerprint density at radius 1 is 1.17 bits per heavy atom. The van der Waals surface area contributed by atoms with Crippen molar-refractivity contribution in [2.75, 3.05) is 19.0 Å². The van der Waals surface area contributed by atoms with Gasteiger partial charge in [-0.25, -0.2) is 4.98 Å². The molecule has 1 N–H and O–H groups in total. The standard InChI is InChI=1S/C17H17N5O/c1-11-4-3-5-13(19-11)17-21-20-16-8-9-18-14-10-12(23-2)6-7-15(14)22(16)17/h3-7,10,18H,8-9H2,1-2H3. The van der Waals surface area contributed by atoms with Crippen LogP contribution in [-0.2, 0) is 6.42 Å². The second-order valence-corrected chi connectivity index (χ2v) is 5.50. The highest BCUT2D eigenvalue weighted by Gasteiger charge is 2.21. The van der Waals surface area contributed by atoms with E-state index in [2.05, 4.69) is 25.1 Å². The van der Waals surface area contributed by atoms with Crippen LogP contribution in [0.25, 0.3) is 17.2 Å². The first-order valence-corrected chi connectivity index (χ1v) is 7.57. The summed E-state index contributed by atoms with van der Waals surface area (Å²) in [5, 5.41) is 12.2. The molecule has 0 atom stereocenters. The number of hydrogen-bond acceptors (Lipinski definition) is 5. The molecule has 23 heavy (non-hydrogen) atoms. The lowest BCUT2D eigenvalue weighted by molar-refractivity contribution is 0.415. The average molecular weight is 307 g/mol. The summed E-state index contributed by atoms with van der Waals surface area (Å²) < 4.78 is 7.41. The predicted molar refractivity (Wildman–Crippen MR) is 88.1 cm³/mol. The third-order valence-electron chi connectivity index (χ3n) is 3.96. The molecular formula is C17H17N5O. The first kappa shape index (κ1) is 13.8. The van der Waals surface area contributed by atoms with Crippen molar-refractivity contribution in [1.82, 2.24) is 19.7 Å². The van der Waals surface area contributed by atoms with E-state index in [9.17, 15) is 0 Å². The fraction of sp³-hybridized carbons (Fsp3) is 0.235. The second-order valence-electron chi connectivity index (χ2n) is 5.50. The van der Waals surface area contributed by atoms with E-state index in [0.29, 0.717) is 0 Å². The Kier molecular flexibility index (Phi) is 3.22. The number of rotatable bonds is 2. The molecule has 0 radical (unpaired) electrons. The molecule has 1 aromatic carbocycles. The zero-order valence-corrected chi connectivity index (χ0v) is 13.1. The van der Waals surface area contributed by atoms with Gasteiger partial charge in [0.1, 0.15) is 17.3 Å². The summed E-state index contributed by atoms with van der Waals surface area (Å²) in [7, 11) is 1.67. The Morgan fingerprint density at radius 3 is 2.91 bits per heavy atom. The molecule has 1 aliphatic rings. The predicted octanol–water partition coefficient (Wildman–Crippen LogP) is 2.61. The van der Waals surface area contributed by atoms with Crippen LogP contribution in [0.5, 0.6) is 5.75 Å². The maximum atomic E-state index is 5.33. The van der Waals surface area contributed by atoms with Crippen LogP contribution in [0, 0.1) is 6.92 Å². The van der Waals surface area contributed by atoms with Gasteiger partial charge in [0.2, 0.25) is 0 Å². The van der Waals surface area contributed by atoms with E-state index in [1.807, 2.05) is 43.3 Å². The largest absolute Gasteiger partial charge is 0.497 e. The van der Waals surface area contributed by atoms with Gasteiger partial charge in [0, 0.05) is 24.7 Å². The molecule has 0 unspecified atom stereocenters. The molecule has 0 spiro atoms. The number of pyridine rings is 1. The molecule has 2 aromatic heterocycles. The number of aromatic nitrogens is 4. The zero-order valence-electron chi connectivity index (χ0n) is 13.1. The van der Waals surface area contributed by atoms with Crippen LogP contribution in [-0.4, -0.2) is 33.4 Å². The van der Waals surface area contributed by atoms with E-state index in [1.165, 1.54) is 0 Å². The molecule has 0 saturated heterocycles. The molecule has 0 saturated carbocycles. The van der Waals surface area contributed by atoms with Crippen LogP contribution in [0.2, 0.25) is 0 Å². The molecule has 0 aliphatic carbocycles. The molecule has 3 aromatic rings. The van der Waals surface area contributed by atoms with Crippen molar-refractivity contribution in [3.63, 3.8) is 0 Å².